The third-order valence-electron chi connectivity index (χ3n) is 4.45. The van der Waals surface area contributed by atoms with Crippen LogP contribution in [-0.2, 0) is 11.3 Å². The maximum atomic E-state index is 12.2. The van der Waals surface area contributed by atoms with Gasteiger partial charge in [0.2, 0.25) is 0 Å². The molecule has 1 aliphatic rings. The Morgan fingerprint density at radius 2 is 2.04 bits per heavy atom. The van der Waals surface area contributed by atoms with E-state index in [9.17, 15) is 4.79 Å². The number of aromatic nitrogens is 1. The molecule has 0 N–H and O–H groups in total. The van der Waals surface area contributed by atoms with Gasteiger partial charge in [0.05, 0.1) is 5.52 Å². The third-order valence-corrected chi connectivity index (χ3v) is 4.45. The summed E-state index contributed by atoms with van der Waals surface area (Å²) in [6, 6.07) is 10.7. The fraction of sp³-hybridized carbons (Fsp3) is 0.500. The second-order valence-corrected chi connectivity index (χ2v) is 7.78. The Bertz CT molecular complexity index is 754. The van der Waals surface area contributed by atoms with Crippen LogP contribution in [0, 0.1) is 0 Å². The van der Waals surface area contributed by atoms with Gasteiger partial charge in [-0.1, -0.05) is 18.2 Å². The molecule has 1 saturated heterocycles. The summed E-state index contributed by atoms with van der Waals surface area (Å²) in [6.07, 6.45) is 1.74. The van der Waals surface area contributed by atoms with Crippen LogP contribution in [0.2, 0.25) is 0 Å². The number of carbonyl (C=O) groups is 1. The van der Waals surface area contributed by atoms with Crippen LogP contribution in [0.5, 0.6) is 0 Å². The van der Waals surface area contributed by atoms with Crippen LogP contribution in [0.15, 0.2) is 36.5 Å². The fourth-order valence-corrected chi connectivity index (χ4v) is 3.16. The van der Waals surface area contributed by atoms with Crippen LogP contribution in [0.1, 0.15) is 33.3 Å². The lowest BCUT2D eigenvalue weighted by atomic mass is 10.1. The van der Waals surface area contributed by atoms with Gasteiger partial charge >= 0.3 is 6.09 Å². The van der Waals surface area contributed by atoms with Crippen molar-refractivity contribution in [3.05, 3.63) is 42.1 Å². The number of carbonyl (C=O) groups excluding carboxylic acids is 1. The average molecular weight is 341 g/mol. The average Bonchev–Trinajstić information content (AvgIpc) is 2.55. The van der Waals surface area contributed by atoms with E-state index in [0.29, 0.717) is 13.1 Å². The van der Waals surface area contributed by atoms with Crippen LogP contribution < -0.4 is 0 Å². The van der Waals surface area contributed by atoms with Crippen molar-refractivity contribution in [1.82, 2.24) is 14.8 Å². The zero-order valence-electron chi connectivity index (χ0n) is 15.5. The molecule has 5 heteroatoms. The van der Waals surface area contributed by atoms with Gasteiger partial charge in [-0.15, -0.1) is 0 Å². The lowest BCUT2D eigenvalue weighted by Crippen LogP contribution is -2.54. The molecule has 134 valence electrons. The highest BCUT2D eigenvalue weighted by molar-refractivity contribution is 5.78. The molecule has 0 bridgehead atoms. The van der Waals surface area contributed by atoms with Crippen molar-refractivity contribution in [3.8, 4) is 0 Å². The molecule has 0 saturated carbocycles. The molecular formula is C20H27N3O2. The quantitative estimate of drug-likeness (QED) is 0.836. The number of hydrogen-bond donors (Lipinski definition) is 0. The van der Waals surface area contributed by atoms with Gasteiger partial charge in [-0.25, -0.2) is 4.79 Å². The van der Waals surface area contributed by atoms with E-state index in [1.807, 2.05) is 50.1 Å². The van der Waals surface area contributed by atoms with E-state index < -0.39 is 5.60 Å². The maximum absolute atomic E-state index is 12.2. The summed E-state index contributed by atoms with van der Waals surface area (Å²) in [5, 5.41) is 1.17. The second-order valence-electron chi connectivity index (χ2n) is 7.78. The predicted molar refractivity (Wildman–Crippen MR) is 99.4 cm³/mol. The number of para-hydroxylation sites is 1. The molecular weight excluding hydrogens is 314 g/mol. The summed E-state index contributed by atoms with van der Waals surface area (Å²) < 4.78 is 5.49. The number of ether oxygens (including phenoxy) is 1. The van der Waals surface area contributed by atoms with E-state index in [-0.39, 0.29) is 12.1 Å². The molecule has 25 heavy (non-hydrogen) atoms. The van der Waals surface area contributed by atoms with Crippen molar-refractivity contribution < 1.29 is 9.53 Å². The summed E-state index contributed by atoms with van der Waals surface area (Å²) in [7, 11) is 0. The number of piperazine rings is 1. The van der Waals surface area contributed by atoms with Crippen molar-refractivity contribution in [1.29, 1.82) is 0 Å². The molecule has 3 rings (SSSR count). The molecule has 1 atom stereocenters. The van der Waals surface area contributed by atoms with Gasteiger partial charge in [-0.05, 0) is 45.4 Å². The Labute approximate surface area is 149 Å². The SMILES string of the molecule is C[C@@H]1CN(C(=O)OC(C)(C)C)CCN1Cc1cnc2ccccc2c1. The zero-order valence-corrected chi connectivity index (χ0v) is 15.5. The van der Waals surface area contributed by atoms with Crippen molar-refractivity contribution in [2.24, 2.45) is 0 Å². The van der Waals surface area contributed by atoms with Crippen LogP contribution in [-0.4, -0.2) is 52.2 Å². The van der Waals surface area contributed by atoms with E-state index in [1.54, 1.807) is 0 Å². The van der Waals surface area contributed by atoms with E-state index in [2.05, 4.69) is 28.9 Å². The molecule has 1 aliphatic heterocycles. The summed E-state index contributed by atoms with van der Waals surface area (Å²) in [5.74, 6) is 0. The topological polar surface area (TPSA) is 45.7 Å². The Morgan fingerprint density at radius 3 is 2.76 bits per heavy atom. The lowest BCUT2D eigenvalue weighted by molar-refractivity contribution is 0.00460. The number of pyridine rings is 1. The number of hydrogen-bond acceptors (Lipinski definition) is 4. The lowest BCUT2D eigenvalue weighted by Gasteiger charge is -2.40. The van der Waals surface area contributed by atoms with Gasteiger partial charge in [-0.2, -0.15) is 0 Å². The number of benzene rings is 1. The molecule has 0 unspecified atom stereocenters. The molecule has 0 radical (unpaired) electrons. The van der Waals surface area contributed by atoms with Crippen LogP contribution in [0.4, 0.5) is 4.79 Å². The summed E-state index contributed by atoms with van der Waals surface area (Å²) in [6.45, 7) is 10.9. The molecule has 1 aromatic carbocycles. The Kier molecular flexibility index (Phi) is 4.95. The highest BCUT2D eigenvalue weighted by Gasteiger charge is 2.29. The molecule has 2 aromatic rings. The van der Waals surface area contributed by atoms with Gasteiger partial charge in [0, 0.05) is 43.8 Å². The largest absolute Gasteiger partial charge is 0.444 e. The van der Waals surface area contributed by atoms with Crippen molar-refractivity contribution in [2.45, 2.75) is 45.9 Å². The second kappa shape index (κ2) is 7.00. The highest BCUT2D eigenvalue weighted by Crippen LogP contribution is 2.19. The summed E-state index contributed by atoms with van der Waals surface area (Å²) in [5.41, 5.74) is 1.78. The normalized spacial score (nSPS) is 19.2. The minimum atomic E-state index is -0.450. The van der Waals surface area contributed by atoms with Gasteiger partial charge in [0.25, 0.3) is 0 Å². The molecule has 2 heterocycles. The van der Waals surface area contributed by atoms with E-state index in [0.717, 1.165) is 18.6 Å². The Morgan fingerprint density at radius 1 is 1.28 bits per heavy atom. The molecule has 1 fully saturated rings. The first-order valence-electron chi connectivity index (χ1n) is 8.87. The fourth-order valence-electron chi connectivity index (χ4n) is 3.16. The number of amides is 1. The minimum Gasteiger partial charge on any atom is -0.444 e. The van der Waals surface area contributed by atoms with Gasteiger partial charge < -0.3 is 9.64 Å². The third kappa shape index (κ3) is 4.48. The predicted octanol–water partition coefficient (Wildman–Crippen LogP) is 3.68. The van der Waals surface area contributed by atoms with Gasteiger partial charge in [-0.3, -0.25) is 9.88 Å². The van der Waals surface area contributed by atoms with E-state index >= 15 is 0 Å². The monoisotopic (exact) mass is 341 g/mol. The van der Waals surface area contributed by atoms with Crippen LogP contribution in [0.25, 0.3) is 10.9 Å². The van der Waals surface area contributed by atoms with Crippen molar-refractivity contribution in [2.75, 3.05) is 19.6 Å². The van der Waals surface area contributed by atoms with Crippen LogP contribution >= 0.6 is 0 Å². The van der Waals surface area contributed by atoms with E-state index in [1.165, 1.54) is 10.9 Å². The molecule has 5 nitrogen and oxygen atoms in total. The standard InChI is InChI=1S/C20H27N3O2/c1-15-13-23(19(24)25-20(2,3)4)10-9-22(15)14-16-11-17-7-5-6-8-18(17)21-12-16/h5-8,11-12,15H,9-10,13-14H2,1-4H3/t15-/m1/s1. The highest BCUT2D eigenvalue weighted by atomic mass is 16.6. The number of rotatable bonds is 2. The molecule has 0 aliphatic carbocycles. The minimum absolute atomic E-state index is 0.216. The first kappa shape index (κ1) is 17.7. The maximum Gasteiger partial charge on any atom is 0.410 e. The van der Waals surface area contributed by atoms with E-state index in [4.69, 9.17) is 4.74 Å². The van der Waals surface area contributed by atoms with Gasteiger partial charge in [0.1, 0.15) is 5.60 Å². The Hall–Kier alpha value is -2.14. The summed E-state index contributed by atoms with van der Waals surface area (Å²) >= 11 is 0. The zero-order chi connectivity index (χ0) is 18.0. The first-order chi connectivity index (χ1) is 11.8. The van der Waals surface area contributed by atoms with Crippen molar-refractivity contribution in [3.63, 3.8) is 0 Å². The molecule has 0 spiro atoms. The Balaban J connectivity index is 1.62. The smallest absolute Gasteiger partial charge is 0.410 e. The number of nitrogens with zero attached hydrogens (tertiary/aromatic N) is 3. The van der Waals surface area contributed by atoms with Crippen molar-refractivity contribution >= 4 is 17.0 Å². The first-order valence-corrected chi connectivity index (χ1v) is 8.87. The summed E-state index contributed by atoms with van der Waals surface area (Å²) in [4.78, 5) is 21.0. The van der Waals surface area contributed by atoms with Crippen LogP contribution in [0.3, 0.4) is 0 Å². The van der Waals surface area contributed by atoms with Gasteiger partial charge in [0.15, 0.2) is 0 Å². The molecule has 1 amide bonds. The molecule has 1 aromatic heterocycles. The number of fused-ring (bicyclic) bond motifs is 1.